The van der Waals surface area contributed by atoms with Gasteiger partial charge < -0.3 is 5.32 Å². The minimum atomic E-state index is -0.731. The number of rotatable bonds is 4. The molecule has 15 heavy (non-hydrogen) atoms. The van der Waals surface area contributed by atoms with E-state index in [1.54, 1.807) is 16.8 Å². The van der Waals surface area contributed by atoms with E-state index in [4.69, 9.17) is 0 Å². The fraction of sp³-hybridized carbons (Fsp3) is 0.667. The van der Waals surface area contributed by atoms with E-state index in [9.17, 15) is 4.21 Å². The maximum absolute atomic E-state index is 11.7. The Labute approximate surface area is 103 Å². The summed E-state index contributed by atoms with van der Waals surface area (Å²) < 4.78 is 11.7. The van der Waals surface area contributed by atoms with E-state index in [0.29, 0.717) is 11.8 Å². The molecule has 0 aromatic carbocycles. The molecule has 1 fully saturated rings. The summed E-state index contributed by atoms with van der Waals surface area (Å²) in [5, 5.41) is 3.36. The van der Waals surface area contributed by atoms with Gasteiger partial charge in [0.15, 0.2) is 0 Å². The summed E-state index contributed by atoms with van der Waals surface area (Å²) in [5.41, 5.74) is 1.79. The molecule has 1 aliphatic rings. The zero-order valence-electron chi connectivity index (χ0n) is 8.35. The molecule has 0 spiro atoms. The molecule has 2 unspecified atom stereocenters. The number of thiazole rings is 1. The fourth-order valence-electron chi connectivity index (χ4n) is 1.65. The van der Waals surface area contributed by atoms with Gasteiger partial charge in [0.2, 0.25) is 0 Å². The smallest absolute Gasteiger partial charge is 0.0794 e. The van der Waals surface area contributed by atoms with Gasteiger partial charge in [0.1, 0.15) is 0 Å². The second kappa shape index (κ2) is 6.58. The lowest BCUT2D eigenvalue weighted by molar-refractivity contribution is 0.643. The highest BCUT2D eigenvalue weighted by atomic mass is 35.5. The van der Waals surface area contributed by atoms with E-state index in [0.717, 1.165) is 17.2 Å². The molecule has 0 bridgehead atoms. The van der Waals surface area contributed by atoms with Crippen LogP contribution in [0.4, 0.5) is 0 Å². The van der Waals surface area contributed by atoms with Crippen molar-refractivity contribution in [3.63, 3.8) is 0 Å². The van der Waals surface area contributed by atoms with Gasteiger partial charge >= 0.3 is 0 Å². The summed E-state index contributed by atoms with van der Waals surface area (Å²) in [6, 6.07) is 0.476. The highest BCUT2D eigenvalue weighted by Gasteiger charge is 2.17. The van der Waals surface area contributed by atoms with E-state index in [1.165, 1.54) is 12.8 Å². The van der Waals surface area contributed by atoms with Crippen molar-refractivity contribution >= 4 is 34.5 Å². The second-order valence-corrected chi connectivity index (χ2v) is 5.98. The summed E-state index contributed by atoms with van der Waals surface area (Å²) in [7, 11) is -0.731. The van der Waals surface area contributed by atoms with Gasteiger partial charge in [-0.3, -0.25) is 9.19 Å². The topological polar surface area (TPSA) is 42.0 Å². The molecule has 1 aromatic heterocycles. The molecule has 0 aliphatic carbocycles. The molecular weight excluding hydrogens is 252 g/mol. The molecule has 86 valence electrons. The number of hydrogen-bond donors (Lipinski definition) is 1. The Balaban J connectivity index is 0.00000112. The van der Waals surface area contributed by atoms with Crippen molar-refractivity contribution in [2.75, 3.05) is 12.3 Å². The molecule has 0 radical (unpaired) electrons. The molecule has 1 aliphatic heterocycles. The van der Waals surface area contributed by atoms with Gasteiger partial charge in [-0.05, 0) is 19.4 Å². The molecule has 2 atom stereocenters. The third-order valence-electron chi connectivity index (χ3n) is 2.34. The Hall–Kier alpha value is 0.0300. The molecule has 0 saturated carbocycles. The van der Waals surface area contributed by atoms with Crippen molar-refractivity contribution < 1.29 is 4.21 Å². The molecule has 1 saturated heterocycles. The normalized spacial score (nSPS) is 22.3. The van der Waals surface area contributed by atoms with Crippen molar-refractivity contribution in [1.82, 2.24) is 10.3 Å². The highest BCUT2D eigenvalue weighted by molar-refractivity contribution is 7.84. The monoisotopic (exact) mass is 266 g/mol. The summed E-state index contributed by atoms with van der Waals surface area (Å²) >= 11 is 1.58. The van der Waals surface area contributed by atoms with Gasteiger partial charge in [-0.25, -0.2) is 0 Å². The van der Waals surface area contributed by atoms with Crippen molar-refractivity contribution in [2.45, 2.75) is 24.6 Å². The summed E-state index contributed by atoms with van der Waals surface area (Å²) in [6.07, 6.45) is 4.21. The maximum atomic E-state index is 11.7. The third-order valence-corrected chi connectivity index (χ3v) is 4.71. The first-order chi connectivity index (χ1) is 6.84. The lowest BCUT2D eigenvalue weighted by Gasteiger charge is -2.08. The number of aromatic nitrogens is 1. The molecule has 0 amide bonds. The predicted octanol–water partition coefficient (Wildman–Crippen LogP) is 1.57. The van der Waals surface area contributed by atoms with Gasteiger partial charge in [-0.1, -0.05) is 0 Å². The Morgan fingerprint density at radius 2 is 2.53 bits per heavy atom. The Morgan fingerprint density at radius 1 is 1.67 bits per heavy atom. The molecule has 1 aromatic rings. The molecular formula is C9H15ClN2OS2. The van der Waals surface area contributed by atoms with Gasteiger partial charge in [-0.15, -0.1) is 23.7 Å². The van der Waals surface area contributed by atoms with Crippen molar-refractivity contribution in [3.8, 4) is 0 Å². The van der Waals surface area contributed by atoms with Crippen LogP contribution in [0.2, 0.25) is 0 Å². The first-order valence-electron chi connectivity index (χ1n) is 4.80. The van der Waals surface area contributed by atoms with E-state index >= 15 is 0 Å². The quantitative estimate of drug-likeness (QED) is 0.900. The zero-order valence-corrected chi connectivity index (χ0v) is 10.8. The van der Waals surface area contributed by atoms with E-state index in [-0.39, 0.29) is 12.4 Å². The van der Waals surface area contributed by atoms with E-state index in [2.05, 4.69) is 10.3 Å². The van der Waals surface area contributed by atoms with Crippen LogP contribution in [0.15, 0.2) is 11.7 Å². The van der Waals surface area contributed by atoms with Gasteiger partial charge in [0.25, 0.3) is 0 Å². The minimum Gasteiger partial charge on any atom is -0.313 e. The number of nitrogens with one attached hydrogen (secondary N) is 1. The molecule has 2 rings (SSSR count). The van der Waals surface area contributed by atoms with Crippen LogP contribution in [-0.4, -0.2) is 27.5 Å². The van der Waals surface area contributed by atoms with Gasteiger partial charge in [0, 0.05) is 33.7 Å². The van der Waals surface area contributed by atoms with Crippen LogP contribution >= 0.6 is 23.7 Å². The Bertz CT molecular complexity index is 299. The standard InChI is InChI=1S/C9H14N2OS2.ClH/c12-14(5-8-2-1-3-11-8)6-9-4-10-7-13-9;/h4,7-8,11H,1-3,5-6H2;1H. The molecule has 3 nitrogen and oxygen atoms in total. The van der Waals surface area contributed by atoms with E-state index < -0.39 is 10.8 Å². The Kier molecular flexibility index (Phi) is 5.74. The summed E-state index contributed by atoms with van der Waals surface area (Å²) in [4.78, 5) is 5.10. The highest BCUT2D eigenvalue weighted by Crippen LogP contribution is 2.12. The Morgan fingerprint density at radius 3 is 3.13 bits per heavy atom. The van der Waals surface area contributed by atoms with Crippen molar-refractivity contribution in [3.05, 3.63) is 16.6 Å². The lowest BCUT2D eigenvalue weighted by Crippen LogP contribution is -2.27. The maximum Gasteiger partial charge on any atom is 0.0794 e. The number of hydrogen-bond acceptors (Lipinski definition) is 4. The molecule has 6 heteroatoms. The van der Waals surface area contributed by atoms with E-state index in [1.807, 2.05) is 6.20 Å². The van der Waals surface area contributed by atoms with Crippen LogP contribution in [0.25, 0.3) is 0 Å². The minimum absolute atomic E-state index is 0. The van der Waals surface area contributed by atoms with Gasteiger partial charge in [-0.2, -0.15) is 0 Å². The van der Waals surface area contributed by atoms with Crippen LogP contribution in [-0.2, 0) is 16.6 Å². The SMILES string of the molecule is Cl.O=S(Cc1cncs1)CC1CCCN1. The van der Waals surface area contributed by atoms with Crippen LogP contribution in [0.3, 0.4) is 0 Å². The number of nitrogens with zero attached hydrogens (tertiary/aromatic N) is 1. The largest absolute Gasteiger partial charge is 0.313 e. The van der Waals surface area contributed by atoms with Crippen LogP contribution in [0.1, 0.15) is 17.7 Å². The number of halogens is 1. The van der Waals surface area contributed by atoms with Crippen LogP contribution in [0.5, 0.6) is 0 Å². The van der Waals surface area contributed by atoms with Gasteiger partial charge in [0.05, 0.1) is 11.3 Å². The fourth-order valence-corrected chi connectivity index (χ4v) is 3.94. The van der Waals surface area contributed by atoms with Crippen molar-refractivity contribution in [1.29, 1.82) is 0 Å². The summed E-state index contributed by atoms with van der Waals surface area (Å²) in [6.45, 7) is 1.09. The first-order valence-corrected chi connectivity index (χ1v) is 7.17. The first kappa shape index (κ1) is 13.1. The lowest BCUT2D eigenvalue weighted by atomic mass is 10.3. The third kappa shape index (κ3) is 4.18. The molecule has 1 N–H and O–H groups in total. The summed E-state index contributed by atoms with van der Waals surface area (Å²) in [5.74, 6) is 1.46. The average molecular weight is 267 g/mol. The predicted molar refractivity (Wildman–Crippen MR) is 67.1 cm³/mol. The van der Waals surface area contributed by atoms with Crippen molar-refractivity contribution in [2.24, 2.45) is 0 Å². The van der Waals surface area contributed by atoms with Crippen LogP contribution in [0, 0.1) is 0 Å². The second-order valence-electron chi connectivity index (χ2n) is 3.51. The van der Waals surface area contributed by atoms with Crippen LogP contribution < -0.4 is 5.32 Å². The molecule has 2 heterocycles. The average Bonchev–Trinajstić information content (AvgIpc) is 2.76. The zero-order chi connectivity index (χ0) is 9.80.